The highest BCUT2D eigenvalue weighted by atomic mass is 32.2. The number of nitrogens with one attached hydrogen (secondary N) is 3. The average molecular weight is 522 g/mol. The fourth-order valence-electron chi connectivity index (χ4n) is 3.50. The Labute approximate surface area is 226 Å². The first-order chi connectivity index (χ1) is 18.5. The van der Waals surface area contributed by atoms with Crippen LogP contribution in [0.1, 0.15) is 21.5 Å². The number of hydrogen-bond acceptors (Lipinski definition) is 4. The molecule has 3 N–H and O–H groups in total. The number of carbonyl (C=O) groups is 3. The Hall–Kier alpha value is -4.62. The maximum atomic E-state index is 13.2. The van der Waals surface area contributed by atoms with Crippen LogP contribution in [0.4, 0.5) is 11.4 Å². The SMILES string of the molecule is Cc1ccc(NC(=O)CSc2cccc(NC(=O)/C(=C/c3ccccc3)NC(=O)c3ccccc3)c2)cc1. The van der Waals surface area contributed by atoms with Crippen molar-refractivity contribution in [3.8, 4) is 0 Å². The minimum Gasteiger partial charge on any atom is -0.325 e. The zero-order chi connectivity index (χ0) is 26.7. The summed E-state index contributed by atoms with van der Waals surface area (Å²) in [7, 11) is 0. The predicted molar refractivity (Wildman–Crippen MR) is 154 cm³/mol. The molecular formula is C31H27N3O3S. The van der Waals surface area contributed by atoms with E-state index in [2.05, 4.69) is 16.0 Å². The lowest BCUT2D eigenvalue weighted by molar-refractivity contribution is -0.114. The van der Waals surface area contributed by atoms with Crippen molar-refractivity contribution in [1.29, 1.82) is 0 Å². The molecule has 0 aliphatic heterocycles. The molecule has 0 saturated heterocycles. The van der Waals surface area contributed by atoms with E-state index in [0.29, 0.717) is 11.3 Å². The molecule has 0 radical (unpaired) electrons. The zero-order valence-corrected chi connectivity index (χ0v) is 21.6. The Balaban J connectivity index is 1.42. The molecule has 4 rings (SSSR count). The molecule has 0 heterocycles. The highest BCUT2D eigenvalue weighted by molar-refractivity contribution is 8.00. The molecular weight excluding hydrogens is 494 g/mol. The summed E-state index contributed by atoms with van der Waals surface area (Å²) in [5.74, 6) is -0.744. The molecule has 190 valence electrons. The summed E-state index contributed by atoms with van der Waals surface area (Å²) in [6.07, 6.45) is 1.63. The summed E-state index contributed by atoms with van der Waals surface area (Å²) in [6, 6.07) is 32.8. The van der Waals surface area contributed by atoms with Crippen LogP contribution in [0.3, 0.4) is 0 Å². The fraction of sp³-hybridized carbons (Fsp3) is 0.0645. The lowest BCUT2D eigenvalue weighted by Gasteiger charge is -2.12. The van der Waals surface area contributed by atoms with Crippen LogP contribution in [0.5, 0.6) is 0 Å². The number of benzene rings is 4. The van der Waals surface area contributed by atoms with Gasteiger partial charge in [0, 0.05) is 21.8 Å². The van der Waals surface area contributed by atoms with Crippen LogP contribution in [0.25, 0.3) is 6.08 Å². The van der Waals surface area contributed by atoms with Crippen LogP contribution < -0.4 is 16.0 Å². The van der Waals surface area contributed by atoms with Gasteiger partial charge in [0.15, 0.2) is 0 Å². The topological polar surface area (TPSA) is 87.3 Å². The van der Waals surface area contributed by atoms with E-state index in [0.717, 1.165) is 21.7 Å². The number of anilines is 2. The van der Waals surface area contributed by atoms with Gasteiger partial charge >= 0.3 is 0 Å². The lowest BCUT2D eigenvalue weighted by atomic mass is 10.1. The smallest absolute Gasteiger partial charge is 0.272 e. The highest BCUT2D eigenvalue weighted by Gasteiger charge is 2.15. The van der Waals surface area contributed by atoms with Gasteiger partial charge in [0.25, 0.3) is 11.8 Å². The van der Waals surface area contributed by atoms with Gasteiger partial charge in [0.1, 0.15) is 5.70 Å². The largest absolute Gasteiger partial charge is 0.325 e. The number of carbonyl (C=O) groups excluding carboxylic acids is 3. The molecule has 38 heavy (non-hydrogen) atoms. The Kier molecular flexibility index (Phi) is 9.10. The summed E-state index contributed by atoms with van der Waals surface area (Å²) < 4.78 is 0. The Morgan fingerprint density at radius 1 is 0.737 bits per heavy atom. The molecule has 0 unspecified atom stereocenters. The summed E-state index contributed by atoms with van der Waals surface area (Å²) >= 11 is 1.36. The summed E-state index contributed by atoms with van der Waals surface area (Å²) in [5.41, 5.74) is 3.75. The van der Waals surface area contributed by atoms with Gasteiger partial charge in [-0.3, -0.25) is 14.4 Å². The fourth-order valence-corrected chi connectivity index (χ4v) is 4.26. The molecule has 7 heteroatoms. The van der Waals surface area contributed by atoms with Crippen LogP contribution in [-0.2, 0) is 9.59 Å². The van der Waals surface area contributed by atoms with E-state index in [-0.39, 0.29) is 23.3 Å². The third-order valence-corrected chi connectivity index (χ3v) is 6.43. The number of rotatable bonds is 9. The standard InChI is InChI=1S/C31H27N3O3S/c1-22-15-17-25(18-16-22)32-29(35)21-38-27-14-8-13-26(20-27)33-31(37)28(19-23-9-4-2-5-10-23)34-30(36)24-11-6-3-7-12-24/h2-20H,21H2,1H3,(H,32,35)(H,33,37)(H,34,36)/b28-19-. The number of aryl methyl sites for hydroxylation is 1. The lowest BCUT2D eigenvalue weighted by Crippen LogP contribution is -2.30. The van der Waals surface area contributed by atoms with Gasteiger partial charge in [-0.2, -0.15) is 0 Å². The van der Waals surface area contributed by atoms with Crippen molar-refractivity contribution in [3.05, 3.63) is 132 Å². The third kappa shape index (κ3) is 7.94. The van der Waals surface area contributed by atoms with Crippen molar-refractivity contribution in [2.75, 3.05) is 16.4 Å². The van der Waals surface area contributed by atoms with Gasteiger partial charge < -0.3 is 16.0 Å². The molecule has 0 bridgehead atoms. The van der Waals surface area contributed by atoms with Gasteiger partial charge in [-0.25, -0.2) is 0 Å². The van der Waals surface area contributed by atoms with E-state index in [1.165, 1.54) is 11.8 Å². The second kappa shape index (κ2) is 13.1. The predicted octanol–water partition coefficient (Wildman–Crippen LogP) is 6.14. The molecule has 0 saturated carbocycles. The quantitative estimate of drug-likeness (QED) is 0.183. The van der Waals surface area contributed by atoms with Crippen molar-refractivity contribution in [2.24, 2.45) is 0 Å². The van der Waals surface area contributed by atoms with E-state index in [1.54, 1.807) is 48.5 Å². The molecule has 3 amide bonds. The summed E-state index contributed by atoms with van der Waals surface area (Å²) in [5, 5.41) is 8.47. The highest BCUT2D eigenvalue weighted by Crippen LogP contribution is 2.22. The van der Waals surface area contributed by atoms with Crippen LogP contribution in [0.2, 0.25) is 0 Å². The third-order valence-electron chi connectivity index (χ3n) is 5.44. The van der Waals surface area contributed by atoms with E-state index >= 15 is 0 Å². The number of hydrogen-bond donors (Lipinski definition) is 3. The van der Waals surface area contributed by atoms with Crippen molar-refractivity contribution in [3.63, 3.8) is 0 Å². The number of amides is 3. The summed E-state index contributed by atoms with van der Waals surface area (Å²) in [6.45, 7) is 1.99. The van der Waals surface area contributed by atoms with Crippen LogP contribution in [-0.4, -0.2) is 23.5 Å². The van der Waals surface area contributed by atoms with Gasteiger partial charge in [-0.1, -0.05) is 72.3 Å². The molecule has 4 aromatic rings. The molecule has 0 spiro atoms. The maximum Gasteiger partial charge on any atom is 0.272 e. The van der Waals surface area contributed by atoms with Crippen molar-refractivity contribution < 1.29 is 14.4 Å². The van der Waals surface area contributed by atoms with Crippen molar-refractivity contribution in [1.82, 2.24) is 5.32 Å². The van der Waals surface area contributed by atoms with Crippen LogP contribution in [0.15, 0.2) is 120 Å². The Bertz CT molecular complexity index is 1440. The van der Waals surface area contributed by atoms with Gasteiger partial charge in [0.05, 0.1) is 5.75 Å². The molecule has 0 aliphatic carbocycles. The van der Waals surface area contributed by atoms with Crippen LogP contribution in [0, 0.1) is 6.92 Å². The Morgan fingerprint density at radius 3 is 2.13 bits per heavy atom. The first kappa shape index (κ1) is 26.4. The maximum absolute atomic E-state index is 13.2. The minimum atomic E-state index is -0.461. The molecule has 0 aliphatic rings. The average Bonchev–Trinajstić information content (AvgIpc) is 2.94. The Morgan fingerprint density at radius 2 is 1.42 bits per heavy atom. The van der Waals surface area contributed by atoms with Crippen LogP contribution >= 0.6 is 11.8 Å². The van der Waals surface area contributed by atoms with E-state index < -0.39 is 5.91 Å². The first-order valence-electron chi connectivity index (χ1n) is 12.0. The zero-order valence-electron chi connectivity index (χ0n) is 20.8. The molecule has 4 aromatic carbocycles. The minimum absolute atomic E-state index is 0.112. The molecule has 0 fully saturated rings. The second-order valence-corrected chi connectivity index (χ2v) is 9.52. The molecule has 6 nitrogen and oxygen atoms in total. The first-order valence-corrected chi connectivity index (χ1v) is 13.0. The number of thioether (sulfide) groups is 1. The van der Waals surface area contributed by atoms with Gasteiger partial charge in [0.2, 0.25) is 5.91 Å². The second-order valence-electron chi connectivity index (χ2n) is 8.47. The van der Waals surface area contributed by atoms with Crippen molar-refractivity contribution >= 4 is 46.9 Å². The summed E-state index contributed by atoms with van der Waals surface area (Å²) in [4.78, 5) is 39.2. The monoisotopic (exact) mass is 521 g/mol. The van der Waals surface area contributed by atoms with Crippen molar-refractivity contribution in [2.45, 2.75) is 11.8 Å². The van der Waals surface area contributed by atoms with E-state index in [1.807, 2.05) is 73.7 Å². The van der Waals surface area contributed by atoms with Gasteiger partial charge in [-0.15, -0.1) is 11.8 Å². The van der Waals surface area contributed by atoms with E-state index in [9.17, 15) is 14.4 Å². The molecule has 0 atom stereocenters. The van der Waals surface area contributed by atoms with Gasteiger partial charge in [-0.05, 0) is 61.0 Å². The van der Waals surface area contributed by atoms with E-state index in [4.69, 9.17) is 0 Å². The molecule has 0 aromatic heterocycles. The normalized spacial score (nSPS) is 10.9.